The zero-order chi connectivity index (χ0) is 14.2. The summed E-state index contributed by atoms with van der Waals surface area (Å²) < 4.78 is 16.0. The van der Waals surface area contributed by atoms with E-state index in [1.54, 1.807) is 13.2 Å². The lowest BCUT2D eigenvalue weighted by Crippen LogP contribution is -2.01. The third-order valence-electron chi connectivity index (χ3n) is 3.47. The highest BCUT2D eigenvalue weighted by Crippen LogP contribution is 2.44. The lowest BCUT2D eigenvalue weighted by molar-refractivity contribution is 0.0446. The second-order valence-corrected chi connectivity index (χ2v) is 4.73. The third-order valence-corrected chi connectivity index (χ3v) is 3.47. The Bertz CT molecular complexity index is 554. The van der Waals surface area contributed by atoms with E-state index in [0.29, 0.717) is 17.1 Å². The van der Waals surface area contributed by atoms with Crippen molar-refractivity contribution in [3.63, 3.8) is 0 Å². The number of ether oxygens (including phenoxy) is 3. The first-order chi connectivity index (χ1) is 9.01. The first-order valence-electron chi connectivity index (χ1n) is 6.11. The number of fused-ring (bicyclic) bond motifs is 1. The summed E-state index contributed by atoms with van der Waals surface area (Å²) in [4.78, 5) is 12.1. The van der Waals surface area contributed by atoms with E-state index < -0.39 is 0 Å². The average Bonchev–Trinajstić information content (AvgIpc) is 2.74. The van der Waals surface area contributed by atoms with Crippen molar-refractivity contribution in [3.05, 3.63) is 34.4 Å². The van der Waals surface area contributed by atoms with E-state index in [-0.39, 0.29) is 12.1 Å². The van der Waals surface area contributed by atoms with E-state index in [2.05, 4.69) is 0 Å². The Morgan fingerprint density at radius 2 is 1.84 bits per heavy atom. The second-order valence-electron chi connectivity index (χ2n) is 4.73. The molecule has 0 radical (unpaired) electrons. The van der Waals surface area contributed by atoms with E-state index in [9.17, 15) is 4.79 Å². The molecule has 0 spiro atoms. The number of methoxy groups -OCH3 is 2. The molecule has 0 saturated heterocycles. The number of carbonyl (C=O) groups is 1. The van der Waals surface area contributed by atoms with Gasteiger partial charge in [-0.1, -0.05) is 11.6 Å². The summed E-state index contributed by atoms with van der Waals surface area (Å²) >= 11 is 0. The zero-order valence-corrected chi connectivity index (χ0v) is 11.9. The quantitative estimate of drug-likeness (QED) is 0.619. The Labute approximate surface area is 113 Å². The maximum Gasteiger partial charge on any atom is 0.343 e. The molecule has 1 aliphatic heterocycles. The predicted octanol–water partition coefficient (Wildman–Crippen LogP) is 3.27. The highest BCUT2D eigenvalue weighted by Gasteiger charge is 2.36. The van der Waals surface area contributed by atoms with Crippen molar-refractivity contribution < 1.29 is 19.0 Å². The number of rotatable bonds is 3. The number of cyclic esters (lactones) is 1. The van der Waals surface area contributed by atoms with Gasteiger partial charge in [0.05, 0.1) is 14.2 Å². The van der Waals surface area contributed by atoms with Crippen molar-refractivity contribution in [3.8, 4) is 11.5 Å². The Morgan fingerprint density at radius 1 is 1.16 bits per heavy atom. The summed E-state index contributed by atoms with van der Waals surface area (Å²) in [5, 5.41) is 0. The lowest BCUT2D eigenvalue weighted by Gasteiger charge is -2.14. The van der Waals surface area contributed by atoms with Crippen LogP contribution in [-0.2, 0) is 4.74 Å². The number of benzene rings is 1. The summed E-state index contributed by atoms with van der Waals surface area (Å²) in [7, 11) is 3.07. The molecular weight excluding hydrogens is 244 g/mol. The molecule has 1 atom stereocenters. The standard InChI is InChI=1S/C15H18O4/c1-8(2)9(3)13-10-6-7-11(17-4)14(18-5)12(10)15(16)19-13/h6-7,13H,1-5H3. The van der Waals surface area contributed by atoms with Crippen LogP contribution in [0.4, 0.5) is 0 Å². The van der Waals surface area contributed by atoms with Crippen LogP contribution in [-0.4, -0.2) is 20.2 Å². The van der Waals surface area contributed by atoms with Gasteiger partial charge < -0.3 is 14.2 Å². The number of hydrogen-bond acceptors (Lipinski definition) is 4. The largest absolute Gasteiger partial charge is 0.493 e. The molecule has 0 saturated carbocycles. The molecular formula is C15H18O4. The van der Waals surface area contributed by atoms with E-state index in [0.717, 1.165) is 16.7 Å². The van der Waals surface area contributed by atoms with Crippen molar-refractivity contribution in [1.29, 1.82) is 0 Å². The van der Waals surface area contributed by atoms with Gasteiger partial charge in [-0.25, -0.2) is 4.79 Å². The first-order valence-corrected chi connectivity index (χ1v) is 6.11. The molecule has 102 valence electrons. The molecule has 19 heavy (non-hydrogen) atoms. The molecule has 0 N–H and O–H groups in total. The van der Waals surface area contributed by atoms with Crippen molar-refractivity contribution >= 4 is 5.97 Å². The topological polar surface area (TPSA) is 44.8 Å². The monoisotopic (exact) mass is 262 g/mol. The molecule has 0 aromatic heterocycles. The second kappa shape index (κ2) is 4.96. The molecule has 1 aromatic rings. The molecule has 1 aliphatic rings. The predicted molar refractivity (Wildman–Crippen MR) is 71.8 cm³/mol. The Morgan fingerprint density at radius 3 is 2.37 bits per heavy atom. The molecule has 0 aliphatic carbocycles. The third kappa shape index (κ3) is 2.07. The van der Waals surface area contributed by atoms with Gasteiger partial charge in [0.15, 0.2) is 11.5 Å². The fourth-order valence-electron chi connectivity index (χ4n) is 2.18. The molecule has 1 unspecified atom stereocenters. The van der Waals surface area contributed by atoms with Gasteiger partial charge in [-0.3, -0.25) is 0 Å². The van der Waals surface area contributed by atoms with Crippen LogP contribution in [0.25, 0.3) is 0 Å². The number of esters is 1. The average molecular weight is 262 g/mol. The van der Waals surface area contributed by atoms with Crippen LogP contribution in [0.3, 0.4) is 0 Å². The molecule has 2 rings (SSSR count). The van der Waals surface area contributed by atoms with Crippen LogP contribution < -0.4 is 9.47 Å². The maximum absolute atomic E-state index is 12.1. The Kier molecular flexibility index (Phi) is 3.51. The first kappa shape index (κ1) is 13.5. The Balaban J connectivity index is 2.62. The van der Waals surface area contributed by atoms with Crippen LogP contribution in [0.5, 0.6) is 11.5 Å². The summed E-state index contributed by atoms with van der Waals surface area (Å²) in [6.07, 6.45) is -0.327. The van der Waals surface area contributed by atoms with Gasteiger partial charge in [0, 0.05) is 5.56 Å². The van der Waals surface area contributed by atoms with Gasteiger partial charge in [0.1, 0.15) is 11.7 Å². The van der Waals surface area contributed by atoms with E-state index in [1.807, 2.05) is 26.8 Å². The van der Waals surface area contributed by atoms with Crippen LogP contribution in [0.1, 0.15) is 42.8 Å². The normalized spacial score (nSPS) is 16.7. The summed E-state index contributed by atoms with van der Waals surface area (Å²) in [5.74, 6) is 0.610. The van der Waals surface area contributed by atoms with Gasteiger partial charge in [0.25, 0.3) is 0 Å². The van der Waals surface area contributed by atoms with Crippen LogP contribution in [0.15, 0.2) is 23.3 Å². The lowest BCUT2D eigenvalue weighted by atomic mass is 9.97. The van der Waals surface area contributed by atoms with Crippen molar-refractivity contribution in [2.24, 2.45) is 0 Å². The van der Waals surface area contributed by atoms with Crippen molar-refractivity contribution in [2.45, 2.75) is 26.9 Å². The molecule has 4 heteroatoms. The number of carbonyl (C=O) groups excluding carboxylic acids is 1. The summed E-state index contributed by atoms with van der Waals surface area (Å²) in [6.45, 7) is 5.98. The van der Waals surface area contributed by atoms with Crippen LogP contribution in [0.2, 0.25) is 0 Å². The van der Waals surface area contributed by atoms with E-state index in [1.165, 1.54) is 7.11 Å². The van der Waals surface area contributed by atoms with Gasteiger partial charge >= 0.3 is 5.97 Å². The minimum Gasteiger partial charge on any atom is -0.493 e. The van der Waals surface area contributed by atoms with Gasteiger partial charge in [0.2, 0.25) is 0 Å². The van der Waals surface area contributed by atoms with Gasteiger partial charge in [-0.15, -0.1) is 0 Å². The molecule has 0 fully saturated rings. The molecule has 4 nitrogen and oxygen atoms in total. The minimum atomic E-state index is -0.364. The van der Waals surface area contributed by atoms with Crippen LogP contribution in [0, 0.1) is 0 Å². The molecule has 1 heterocycles. The highest BCUT2D eigenvalue weighted by molar-refractivity contribution is 5.98. The summed E-state index contributed by atoms with van der Waals surface area (Å²) in [5.41, 5.74) is 3.48. The fraction of sp³-hybridized carbons (Fsp3) is 0.400. The SMILES string of the molecule is COc1ccc2c(c1OC)C(=O)OC2C(C)=C(C)C. The maximum atomic E-state index is 12.1. The summed E-state index contributed by atoms with van der Waals surface area (Å²) in [6, 6.07) is 3.66. The van der Waals surface area contributed by atoms with Crippen LogP contribution >= 0.6 is 0 Å². The minimum absolute atomic E-state index is 0.327. The molecule has 0 bridgehead atoms. The van der Waals surface area contributed by atoms with E-state index in [4.69, 9.17) is 14.2 Å². The smallest absolute Gasteiger partial charge is 0.343 e. The zero-order valence-electron chi connectivity index (χ0n) is 11.9. The molecule has 1 aromatic carbocycles. The van der Waals surface area contributed by atoms with E-state index >= 15 is 0 Å². The van der Waals surface area contributed by atoms with Gasteiger partial charge in [-0.05, 0) is 32.4 Å². The molecule has 0 amide bonds. The van der Waals surface area contributed by atoms with Gasteiger partial charge in [-0.2, -0.15) is 0 Å². The van der Waals surface area contributed by atoms with Crippen molar-refractivity contribution in [1.82, 2.24) is 0 Å². The number of allylic oxidation sites excluding steroid dienone is 1. The number of hydrogen-bond donors (Lipinski definition) is 0. The fourth-order valence-corrected chi connectivity index (χ4v) is 2.18. The van der Waals surface area contributed by atoms with Crippen molar-refractivity contribution in [2.75, 3.05) is 14.2 Å². The highest BCUT2D eigenvalue weighted by atomic mass is 16.6. The Hall–Kier alpha value is -1.97.